The van der Waals surface area contributed by atoms with Gasteiger partial charge in [0.15, 0.2) is 5.78 Å². The maximum atomic E-state index is 13.8. The quantitative estimate of drug-likeness (QED) is 0.483. The summed E-state index contributed by atoms with van der Waals surface area (Å²) in [5.74, 6) is 0.406. The molecule has 6 rings (SSSR count). The number of Topliss-reactive ketones (excluding diaryl/α,β-unsaturated/α-hetero) is 2. The zero-order valence-corrected chi connectivity index (χ0v) is 19.6. The Morgan fingerprint density at radius 1 is 1.19 bits per heavy atom. The van der Waals surface area contributed by atoms with E-state index in [9.17, 15) is 14.4 Å². The molecule has 6 aliphatic rings. The summed E-state index contributed by atoms with van der Waals surface area (Å²) < 4.78 is 11.4. The van der Waals surface area contributed by atoms with Gasteiger partial charge in [0.2, 0.25) is 0 Å². The van der Waals surface area contributed by atoms with Crippen molar-refractivity contribution in [2.75, 3.05) is 32.9 Å². The van der Waals surface area contributed by atoms with Gasteiger partial charge in [0, 0.05) is 24.9 Å². The van der Waals surface area contributed by atoms with Gasteiger partial charge in [-0.15, -0.1) is 0 Å². The highest BCUT2D eigenvalue weighted by atomic mass is 16.6. The van der Waals surface area contributed by atoms with E-state index in [2.05, 4.69) is 20.4 Å². The third-order valence-electron chi connectivity index (χ3n) is 10.2. The highest BCUT2D eigenvalue weighted by Gasteiger charge is 2.71. The molecule has 5 aliphatic carbocycles. The Balaban J connectivity index is 1.52. The molecule has 176 valence electrons. The second-order valence-electron chi connectivity index (χ2n) is 11.3. The third kappa shape index (κ3) is 2.90. The fourth-order valence-electron chi connectivity index (χ4n) is 8.25. The third-order valence-corrected chi connectivity index (χ3v) is 10.2. The molecule has 0 aromatic carbocycles. The minimum atomic E-state index is -0.931. The van der Waals surface area contributed by atoms with Crippen molar-refractivity contribution >= 4 is 17.7 Å². The molecule has 6 fully saturated rings. The molecular formula is C26H37NO5. The van der Waals surface area contributed by atoms with Crippen molar-refractivity contribution in [2.24, 2.45) is 34.0 Å². The fourth-order valence-corrected chi connectivity index (χ4v) is 8.25. The molecule has 3 unspecified atom stereocenters. The molecule has 1 aliphatic heterocycles. The summed E-state index contributed by atoms with van der Waals surface area (Å²) >= 11 is 0. The number of allylic oxidation sites excluding steroid dienone is 1. The van der Waals surface area contributed by atoms with E-state index in [1.807, 2.05) is 0 Å². The molecule has 0 aromatic rings. The number of ketones is 2. The van der Waals surface area contributed by atoms with Crippen LogP contribution in [-0.4, -0.2) is 55.5 Å². The molecular weight excluding hydrogens is 406 g/mol. The van der Waals surface area contributed by atoms with E-state index < -0.39 is 5.41 Å². The molecule has 0 N–H and O–H groups in total. The summed E-state index contributed by atoms with van der Waals surface area (Å²) in [6.07, 6.45) is 6.57. The lowest BCUT2D eigenvalue weighted by molar-refractivity contribution is -0.198. The zero-order valence-electron chi connectivity index (χ0n) is 19.6. The average molecular weight is 444 g/mol. The number of fused-ring (bicyclic) bond motifs is 3. The van der Waals surface area contributed by atoms with Crippen LogP contribution in [-0.2, 0) is 19.1 Å². The van der Waals surface area contributed by atoms with Crippen molar-refractivity contribution in [1.29, 1.82) is 0 Å². The van der Waals surface area contributed by atoms with Crippen molar-refractivity contribution in [3.63, 3.8) is 0 Å². The van der Waals surface area contributed by atoms with Gasteiger partial charge in [0.1, 0.15) is 5.78 Å². The van der Waals surface area contributed by atoms with Gasteiger partial charge in [0.25, 0.3) is 0 Å². The van der Waals surface area contributed by atoms with Gasteiger partial charge in [-0.25, -0.2) is 4.79 Å². The lowest BCUT2D eigenvalue weighted by atomic mass is 9.36. The van der Waals surface area contributed by atoms with E-state index in [1.54, 1.807) is 4.90 Å². The van der Waals surface area contributed by atoms with Crippen molar-refractivity contribution in [2.45, 2.75) is 65.2 Å². The zero-order chi connectivity index (χ0) is 22.7. The first-order chi connectivity index (χ1) is 15.3. The maximum Gasteiger partial charge on any atom is 0.409 e. The number of carbonyl (C=O) groups excluding carboxylic acids is 3. The van der Waals surface area contributed by atoms with Gasteiger partial charge in [0.05, 0.1) is 25.2 Å². The van der Waals surface area contributed by atoms with Gasteiger partial charge < -0.3 is 14.4 Å². The van der Waals surface area contributed by atoms with Crippen LogP contribution in [0.5, 0.6) is 0 Å². The van der Waals surface area contributed by atoms with Crippen LogP contribution in [0.3, 0.4) is 0 Å². The van der Waals surface area contributed by atoms with E-state index in [0.29, 0.717) is 51.3 Å². The largest absolute Gasteiger partial charge is 0.449 e. The van der Waals surface area contributed by atoms with Crippen LogP contribution in [0.15, 0.2) is 12.2 Å². The van der Waals surface area contributed by atoms with E-state index in [0.717, 1.165) is 38.5 Å². The van der Waals surface area contributed by atoms with Gasteiger partial charge >= 0.3 is 6.09 Å². The van der Waals surface area contributed by atoms with Crippen molar-refractivity contribution < 1.29 is 23.9 Å². The standard InChI is InChI=1S/C26H37NO5/c1-4-24(3)7-5-8-25(16-32-23(30)27-10-12-31-13-11-27)19(24)15-21(28)26-9-6-18(14-20(25)26)17(2)22(26)29/h18-20H,2,4-16H2,1,3H3/t18-,19?,20?,24+,25-,26?/m0/s1. The molecule has 6 heteroatoms. The molecule has 1 heterocycles. The van der Waals surface area contributed by atoms with Crippen LogP contribution in [0, 0.1) is 34.0 Å². The number of carbonyl (C=O) groups is 3. The normalized spacial score (nSPS) is 43.6. The molecule has 0 aromatic heterocycles. The number of nitrogens with zero attached hydrogens (tertiary/aromatic N) is 1. The molecule has 6 atom stereocenters. The lowest BCUT2D eigenvalue weighted by Crippen LogP contribution is -2.68. The Bertz CT molecular complexity index is 847. The molecule has 32 heavy (non-hydrogen) atoms. The minimum absolute atomic E-state index is 0.00361. The summed E-state index contributed by atoms with van der Waals surface area (Å²) in [5.41, 5.74) is -0.556. The van der Waals surface area contributed by atoms with Crippen molar-refractivity contribution in [3.8, 4) is 0 Å². The Labute approximate surface area is 191 Å². The lowest BCUT2D eigenvalue weighted by Gasteiger charge is -2.66. The van der Waals surface area contributed by atoms with Crippen LogP contribution in [0.1, 0.15) is 65.2 Å². The van der Waals surface area contributed by atoms with E-state index in [4.69, 9.17) is 9.47 Å². The second-order valence-corrected chi connectivity index (χ2v) is 11.3. The maximum absolute atomic E-state index is 13.8. The summed E-state index contributed by atoms with van der Waals surface area (Å²) in [5, 5.41) is 0. The Morgan fingerprint density at radius 3 is 2.66 bits per heavy atom. The number of morpholine rings is 1. The monoisotopic (exact) mass is 443 g/mol. The summed E-state index contributed by atoms with van der Waals surface area (Å²) in [7, 11) is 0. The summed E-state index contributed by atoms with van der Waals surface area (Å²) in [4.78, 5) is 42.0. The van der Waals surface area contributed by atoms with Crippen LogP contribution in [0.25, 0.3) is 0 Å². The van der Waals surface area contributed by atoms with Gasteiger partial charge in [-0.1, -0.05) is 33.3 Å². The van der Waals surface area contributed by atoms with Crippen LogP contribution < -0.4 is 0 Å². The SMILES string of the molecule is C=C1C(=O)C23CC[C@H]1CC2[C@]1(COC(=O)N2CCOCC2)CCC[C@@](C)(CC)C1CC3=O. The number of hydrogen-bond acceptors (Lipinski definition) is 5. The number of amides is 1. The summed E-state index contributed by atoms with van der Waals surface area (Å²) in [6.45, 7) is 11.1. The first kappa shape index (κ1) is 22.1. The van der Waals surface area contributed by atoms with E-state index in [-0.39, 0.29) is 46.2 Å². The van der Waals surface area contributed by atoms with E-state index >= 15 is 0 Å². The molecule has 2 bridgehead atoms. The van der Waals surface area contributed by atoms with Crippen LogP contribution in [0.4, 0.5) is 4.79 Å². The Hall–Kier alpha value is -1.69. The van der Waals surface area contributed by atoms with Crippen LogP contribution in [0.2, 0.25) is 0 Å². The first-order valence-corrected chi connectivity index (χ1v) is 12.5. The molecule has 6 nitrogen and oxygen atoms in total. The number of ether oxygens (including phenoxy) is 2. The predicted molar refractivity (Wildman–Crippen MR) is 119 cm³/mol. The molecule has 5 saturated carbocycles. The summed E-state index contributed by atoms with van der Waals surface area (Å²) in [6, 6.07) is 0. The average Bonchev–Trinajstić information content (AvgIpc) is 2.82. The van der Waals surface area contributed by atoms with E-state index in [1.165, 1.54) is 0 Å². The molecule has 1 spiro atoms. The highest BCUT2D eigenvalue weighted by molar-refractivity contribution is 6.16. The van der Waals surface area contributed by atoms with Crippen molar-refractivity contribution in [1.82, 2.24) is 4.90 Å². The smallest absolute Gasteiger partial charge is 0.409 e. The van der Waals surface area contributed by atoms with Gasteiger partial charge in [-0.2, -0.15) is 0 Å². The number of hydrogen-bond donors (Lipinski definition) is 0. The Morgan fingerprint density at radius 2 is 1.94 bits per heavy atom. The van der Waals surface area contributed by atoms with Crippen LogP contribution >= 0.6 is 0 Å². The van der Waals surface area contributed by atoms with Gasteiger partial charge in [-0.05, 0) is 60.8 Å². The number of rotatable bonds is 3. The minimum Gasteiger partial charge on any atom is -0.449 e. The molecule has 0 radical (unpaired) electrons. The van der Waals surface area contributed by atoms with Crippen molar-refractivity contribution in [3.05, 3.63) is 12.2 Å². The van der Waals surface area contributed by atoms with Gasteiger partial charge in [-0.3, -0.25) is 9.59 Å². The highest BCUT2D eigenvalue weighted by Crippen LogP contribution is 2.70. The Kier molecular flexibility index (Phi) is 5.31. The fraction of sp³-hybridized carbons (Fsp3) is 0.808. The second kappa shape index (κ2) is 7.68. The molecule has 1 saturated heterocycles. The molecule has 1 amide bonds. The predicted octanol–water partition coefficient (Wildman–Crippen LogP) is 4.17. The first-order valence-electron chi connectivity index (χ1n) is 12.5. The topological polar surface area (TPSA) is 72.9 Å².